The van der Waals surface area contributed by atoms with Gasteiger partial charge < -0.3 is 10.1 Å². The van der Waals surface area contributed by atoms with Crippen LogP contribution in [0.1, 0.15) is 21.9 Å². The molecule has 144 valence electrons. The molecule has 0 unspecified atom stereocenters. The predicted octanol–water partition coefficient (Wildman–Crippen LogP) is 4.38. The minimum atomic E-state index is -4.55. The molecule has 3 heterocycles. The van der Waals surface area contributed by atoms with Gasteiger partial charge in [0.25, 0.3) is 5.91 Å². The first-order valence-electron chi connectivity index (χ1n) is 7.83. The number of carbonyl (C=O) groups excluding carboxylic acids is 1. The molecule has 0 bridgehead atoms. The Morgan fingerprint density at radius 3 is 2.43 bits per heavy atom. The molecule has 0 fully saturated rings. The summed E-state index contributed by atoms with van der Waals surface area (Å²) < 4.78 is 56.0. The van der Waals surface area contributed by atoms with Crippen LogP contribution in [0, 0.1) is 12.7 Å². The molecule has 1 amide bonds. The summed E-state index contributed by atoms with van der Waals surface area (Å²) >= 11 is 0. The molecule has 3 rings (SSSR count). The van der Waals surface area contributed by atoms with Crippen LogP contribution in [0.2, 0.25) is 0 Å². The smallest absolute Gasteiger partial charge is 0.433 e. The van der Waals surface area contributed by atoms with Crippen LogP contribution in [0.3, 0.4) is 0 Å². The number of hydrogen-bond acceptors (Lipinski definition) is 5. The SMILES string of the molecule is Cc1cc(Oc2ccc(C(F)(F)F)nc2)cc(C(=O)Nc2ccc(F)cn2)n1. The molecule has 3 aromatic rings. The highest BCUT2D eigenvalue weighted by Gasteiger charge is 2.32. The van der Waals surface area contributed by atoms with Crippen molar-refractivity contribution < 1.29 is 27.1 Å². The second-order valence-corrected chi connectivity index (χ2v) is 5.62. The lowest BCUT2D eigenvalue weighted by Crippen LogP contribution is -2.15. The zero-order valence-electron chi connectivity index (χ0n) is 14.3. The third kappa shape index (κ3) is 4.78. The Balaban J connectivity index is 1.77. The first kappa shape index (κ1) is 19.2. The monoisotopic (exact) mass is 392 g/mol. The number of alkyl halides is 3. The first-order valence-corrected chi connectivity index (χ1v) is 7.83. The lowest BCUT2D eigenvalue weighted by Gasteiger charge is -2.10. The van der Waals surface area contributed by atoms with E-state index >= 15 is 0 Å². The highest BCUT2D eigenvalue weighted by molar-refractivity contribution is 6.02. The molecular formula is C18H12F4N4O2. The van der Waals surface area contributed by atoms with Crippen LogP contribution in [0.25, 0.3) is 0 Å². The van der Waals surface area contributed by atoms with Crippen molar-refractivity contribution in [2.75, 3.05) is 5.32 Å². The Kier molecular flexibility index (Phi) is 5.21. The van der Waals surface area contributed by atoms with Crippen molar-refractivity contribution >= 4 is 11.7 Å². The summed E-state index contributed by atoms with van der Waals surface area (Å²) in [6, 6.07) is 7.14. The molecule has 0 aromatic carbocycles. The Hall–Kier alpha value is -3.56. The van der Waals surface area contributed by atoms with Gasteiger partial charge in [-0.3, -0.25) is 4.79 Å². The highest BCUT2D eigenvalue weighted by Crippen LogP contribution is 2.29. The number of pyridine rings is 3. The van der Waals surface area contributed by atoms with Crippen LogP contribution in [0.15, 0.2) is 48.8 Å². The molecule has 10 heteroatoms. The van der Waals surface area contributed by atoms with Gasteiger partial charge in [0.15, 0.2) is 0 Å². The van der Waals surface area contributed by atoms with Crippen molar-refractivity contribution in [3.05, 3.63) is 71.7 Å². The second kappa shape index (κ2) is 7.59. The Labute approximate surface area is 156 Å². The molecule has 0 saturated carbocycles. The van der Waals surface area contributed by atoms with Gasteiger partial charge in [-0.05, 0) is 31.2 Å². The van der Waals surface area contributed by atoms with Crippen molar-refractivity contribution in [1.82, 2.24) is 15.0 Å². The molecule has 6 nitrogen and oxygen atoms in total. The molecule has 0 aliphatic carbocycles. The van der Waals surface area contributed by atoms with Gasteiger partial charge in [-0.25, -0.2) is 19.3 Å². The van der Waals surface area contributed by atoms with Crippen molar-refractivity contribution in [3.8, 4) is 11.5 Å². The Bertz CT molecular complexity index is 990. The predicted molar refractivity (Wildman–Crippen MR) is 90.4 cm³/mol. The van der Waals surface area contributed by atoms with E-state index in [4.69, 9.17) is 4.74 Å². The summed E-state index contributed by atoms with van der Waals surface area (Å²) in [4.78, 5) is 23.4. The van der Waals surface area contributed by atoms with Gasteiger partial charge in [0, 0.05) is 17.8 Å². The first-order chi connectivity index (χ1) is 13.2. The fourth-order valence-electron chi connectivity index (χ4n) is 2.19. The summed E-state index contributed by atoms with van der Waals surface area (Å²) in [6.07, 6.45) is -2.67. The molecular weight excluding hydrogens is 380 g/mol. The van der Waals surface area contributed by atoms with E-state index in [2.05, 4.69) is 20.3 Å². The zero-order valence-corrected chi connectivity index (χ0v) is 14.3. The standard InChI is InChI=1S/C18H12F4N4O2/c1-10-6-13(28-12-3-4-15(23-9-12)18(20,21)22)7-14(25-10)17(27)26-16-5-2-11(19)8-24-16/h2-9H,1H3,(H,24,26,27). The maximum atomic E-state index is 12.9. The van der Waals surface area contributed by atoms with E-state index in [1.165, 1.54) is 18.2 Å². The van der Waals surface area contributed by atoms with E-state index in [0.717, 1.165) is 30.6 Å². The molecule has 0 aliphatic heterocycles. The van der Waals surface area contributed by atoms with E-state index in [1.54, 1.807) is 6.92 Å². The molecule has 1 N–H and O–H groups in total. The number of aryl methyl sites for hydroxylation is 1. The number of carbonyl (C=O) groups is 1. The van der Waals surface area contributed by atoms with E-state index in [1.807, 2.05) is 0 Å². The van der Waals surface area contributed by atoms with Gasteiger partial charge in [0.2, 0.25) is 0 Å². The van der Waals surface area contributed by atoms with Gasteiger partial charge in [-0.2, -0.15) is 13.2 Å². The van der Waals surface area contributed by atoms with Crippen molar-refractivity contribution in [3.63, 3.8) is 0 Å². The van der Waals surface area contributed by atoms with Crippen molar-refractivity contribution in [1.29, 1.82) is 0 Å². The zero-order chi connectivity index (χ0) is 20.3. The number of amides is 1. The van der Waals surface area contributed by atoms with E-state index < -0.39 is 23.6 Å². The number of hydrogen-bond donors (Lipinski definition) is 1. The lowest BCUT2D eigenvalue weighted by molar-refractivity contribution is -0.141. The van der Waals surface area contributed by atoms with Gasteiger partial charge in [0.1, 0.15) is 34.5 Å². The topological polar surface area (TPSA) is 77.0 Å². The molecule has 0 atom stereocenters. The quantitative estimate of drug-likeness (QED) is 0.667. The van der Waals surface area contributed by atoms with E-state index in [0.29, 0.717) is 5.69 Å². The fourth-order valence-corrected chi connectivity index (χ4v) is 2.19. The van der Waals surface area contributed by atoms with Gasteiger partial charge >= 0.3 is 6.18 Å². The summed E-state index contributed by atoms with van der Waals surface area (Å²) in [5, 5.41) is 2.46. The van der Waals surface area contributed by atoms with Crippen LogP contribution in [-0.2, 0) is 6.18 Å². The van der Waals surface area contributed by atoms with Gasteiger partial charge in [-0.15, -0.1) is 0 Å². The summed E-state index contributed by atoms with van der Waals surface area (Å²) in [6.45, 7) is 1.62. The van der Waals surface area contributed by atoms with Crippen LogP contribution in [-0.4, -0.2) is 20.9 Å². The lowest BCUT2D eigenvalue weighted by atomic mass is 10.2. The second-order valence-electron chi connectivity index (χ2n) is 5.62. The third-order valence-electron chi connectivity index (χ3n) is 3.39. The number of aromatic nitrogens is 3. The van der Waals surface area contributed by atoms with Crippen LogP contribution >= 0.6 is 0 Å². The number of nitrogens with zero attached hydrogens (tertiary/aromatic N) is 3. The number of anilines is 1. The Morgan fingerprint density at radius 2 is 1.82 bits per heavy atom. The largest absolute Gasteiger partial charge is 0.456 e. The molecule has 28 heavy (non-hydrogen) atoms. The Morgan fingerprint density at radius 1 is 1.04 bits per heavy atom. The highest BCUT2D eigenvalue weighted by atomic mass is 19.4. The normalized spacial score (nSPS) is 11.2. The summed E-state index contributed by atoms with van der Waals surface area (Å²) in [5.74, 6) is -0.786. The molecule has 0 saturated heterocycles. The maximum Gasteiger partial charge on any atom is 0.433 e. The minimum Gasteiger partial charge on any atom is -0.456 e. The summed E-state index contributed by atoms with van der Waals surface area (Å²) in [7, 11) is 0. The number of rotatable bonds is 4. The van der Waals surface area contributed by atoms with Crippen LogP contribution in [0.5, 0.6) is 11.5 Å². The van der Waals surface area contributed by atoms with Crippen LogP contribution < -0.4 is 10.1 Å². The average molecular weight is 392 g/mol. The average Bonchev–Trinajstić information content (AvgIpc) is 2.63. The van der Waals surface area contributed by atoms with Gasteiger partial charge in [0.05, 0.1) is 12.4 Å². The fraction of sp³-hybridized carbons (Fsp3) is 0.111. The molecule has 0 radical (unpaired) electrons. The van der Waals surface area contributed by atoms with Crippen molar-refractivity contribution in [2.45, 2.75) is 13.1 Å². The number of halogens is 4. The molecule has 3 aromatic heterocycles. The van der Waals surface area contributed by atoms with Gasteiger partial charge in [-0.1, -0.05) is 0 Å². The molecule has 0 aliphatic rings. The summed E-state index contributed by atoms with van der Waals surface area (Å²) in [5.41, 5.74) is -0.617. The number of nitrogens with one attached hydrogen (secondary N) is 1. The van der Waals surface area contributed by atoms with Crippen LogP contribution in [0.4, 0.5) is 23.4 Å². The van der Waals surface area contributed by atoms with Crippen molar-refractivity contribution in [2.24, 2.45) is 0 Å². The molecule has 0 spiro atoms. The van der Waals surface area contributed by atoms with E-state index in [9.17, 15) is 22.4 Å². The number of ether oxygens (including phenoxy) is 1. The maximum absolute atomic E-state index is 12.9. The van der Waals surface area contributed by atoms with E-state index in [-0.39, 0.29) is 23.0 Å². The minimum absolute atomic E-state index is 0.0130. The third-order valence-corrected chi connectivity index (χ3v) is 3.39.